The summed E-state index contributed by atoms with van der Waals surface area (Å²) >= 11 is 4.10. The fourth-order valence-corrected chi connectivity index (χ4v) is 3.03. The molecule has 0 saturated carbocycles. The van der Waals surface area contributed by atoms with Crippen LogP contribution in [0.1, 0.15) is 6.42 Å². The lowest BCUT2D eigenvalue weighted by Crippen LogP contribution is -2.42. The largest absolute Gasteiger partial charge is 0.500 e. The Kier molecular flexibility index (Phi) is 12.9. The molecular formula is C9H25NO3SSi. The lowest BCUT2D eigenvalue weighted by molar-refractivity contribution is 0.123. The molecule has 0 aromatic heterocycles. The normalized spacial score (nSPS) is 11.2. The van der Waals surface area contributed by atoms with Crippen LogP contribution in [0.5, 0.6) is 0 Å². The van der Waals surface area contributed by atoms with Crippen molar-refractivity contribution in [3.8, 4) is 0 Å². The molecule has 0 aromatic carbocycles. The highest BCUT2D eigenvalue weighted by Crippen LogP contribution is 2.14. The Balaban J connectivity index is 0. The minimum atomic E-state index is -2.29. The first-order chi connectivity index (χ1) is 6.97. The van der Waals surface area contributed by atoms with Crippen LogP contribution in [0.25, 0.3) is 0 Å². The number of hydrogen-bond acceptors (Lipinski definition) is 5. The van der Waals surface area contributed by atoms with Crippen LogP contribution in [0.4, 0.5) is 0 Å². The molecule has 4 nitrogen and oxygen atoms in total. The average molecular weight is 255 g/mol. The summed E-state index contributed by atoms with van der Waals surface area (Å²) in [7, 11) is 8.58. The molecule has 6 heteroatoms. The lowest BCUT2D eigenvalue weighted by atomic mass is 10.6. The van der Waals surface area contributed by atoms with Crippen LogP contribution in [-0.2, 0) is 13.3 Å². The van der Waals surface area contributed by atoms with Crippen molar-refractivity contribution in [3.05, 3.63) is 0 Å². The van der Waals surface area contributed by atoms with Gasteiger partial charge in [0.1, 0.15) is 0 Å². The van der Waals surface area contributed by atoms with Gasteiger partial charge in [0.15, 0.2) is 0 Å². The maximum atomic E-state index is 5.20. The SMILES string of the molecule is CN(C)C.CO[Si](CCCS)(OC)OC. The van der Waals surface area contributed by atoms with Crippen LogP contribution >= 0.6 is 12.6 Å². The van der Waals surface area contributed by atoms with Crippen molar-refractivity contribution in [2.24, 2.45) is 0 Å². The molecular weight excluding hydrogens is 230 g/mol. The fraction of sp³-hybridized carbons (Fsp3) is 1.00. The molecule has 0 aromatic rings. The third-order valence-electron chi connectivity index (χ3n) is 1.57. The van der Waals surface area contributed by atoms with Gasteiger partial charge in [-0.2, -0.15) is 12.6 Å². The van der Waals surface area contributed by atoms with Gasteiger partial charge in [-0.3, -0.25) is 0 Å². The predicted molar refractivity (Wildman–Crippen MR) is 69.7 cm³/mol. The number of nitrogens with zero attached hydrogens (tertiary/aromatic N) is 1. The lowest BCUT2D eigenvalue weighted by Gasteiger charge is -2.23. The van der Waals surface area contributed by atoms with Crippen LogP contribution in [0.3, 0.4) is 0 Å². The number of thiol groups is 1. The van der Waals surface area contributed by atoms with Crippen LogP contribution in [0.15, 0.2) is 0 Å². The van der Waals surface area contributed by atoms with E-state index >= 15 is 0 Å². The van der Waals surface area contributed by atoms with Gasteiger partial charge in [0.2, 0.25) is 0 Å². The minimum Gasteiger partial charge on any atom is -0.377 e. The Morgan fingerprint density at radius 1 is 1.00 bits per heavy atom. The zero-order valence-electron chi connectivity index (χ0n) is 10.7. The number of hydrogen-bond donors (Lipinski definition) is 1. The van der Waals surface area contributed by atoms with Gasteiger partial charge in [0.25, 0.3) is 0 Å². The van der Waals surface area contributed by atoms with E-state index in [1.54, 1.807) is 21.3 Å². The fourth-order valence-electron chi connectivity index (χ4n) is 0.852. The molecule has 0 fully saturated rings. The highest BCUT2D eigenvalue weighted by atomic mass is 32.1. The van der Waals surface area contributed by atoms with E-state index in [2.05, 4.69) is 12.6 Å². The van der Waals surface area contributed by atoms with E-state index in [1.165, 1.54) is 0 Å². The van der Waals surface area contributed by atoms with Gasteiger partial charge in [-0.1, -0.05) is 0 Å². The standard InChI is InChI=1S/C6H16O3SSi.C3H9N/c1-7-11(8-2,9-3)6-4-5-10;1-4(2)3/h10H,4-6H2,1-3H3;1-3H3. The average Bonchev–Trinajstić information content (AvgIpc) is 2.20. The van der Waals surface area contributed by atoms with Gasteiger partial charge in [-0.05, 0) is 33.3 Å². The summed E-state index contributed by atoms with van der Waals surface area (Å²) in [5.74, 6) is 0.838. The van der Waals surface area contributed by atoms with Gasteiger partial charge in [0, 0.05) is 27.4 Å². The molecule has 0 atom stereocenters. The first kappa shape index (κ1) is 17.8. The van der Waals surface area contributed by atoms with E-state index in [-0.39, 0.29) is 0 Å². The van der Waals surface area contributed by atoms with Crippen LogP contribution < -0.4 is 0 Å². The van der Waals surface area contributed by atoms with E-state index in [9.17, 15) is 0 Å². The van der Waals surface area contributed by atoms with E-state index in [0.29, 0.717) is 0 Å². The molecule has 15 heavy (non-hydrogen) atoms. The monoisotopic (exact) mass is 255 g/mol. The molecule has 94 valence electrons. The van der Waals surface area contributed by atoms with Crippen molar-refractivity contribution in [3.63, 3.8) is 0 Å². The first-order valence-electron chi connectivity index (χ1n) is 4.85. The van der Waals surface area contributed by atoms with Gasteiger partial charge >= 0.3 is 8.80 Å². The molecule has 0 amide bonds. The van der Waals surface area contributed by atoms with Crippen LogP contribution in [0, 0.1) is 0 Å². The van der Waals surface area contributed by atoms with Crippen LogP contribution in [0.2, 0.25) is 6.04 Å². The summed E-state index contributed by atoms with van der Waals surface area (Å²) in [5.41, 5.74) is 0. The maximum absolute atomic E-state index is 5.20. The molecule has 0 aliphatic rings. The first-order valence-corrected chi connectivity index (χ1v) is 7.41. The van der Waals surface area contributed by atoms with E-state index < -0.39 is 8.80 Å². The van der Waals surface area contributed by atoms with Gasteiger partial charge in [-0.25, -0.2) is 0 Å². The van der Waals surface area contributed by atoms with E-state index in [0.717, 1.165) is 18.2 Å². The summed E-state index contributed by atoms with van der Waals surface area (Å²) in [6, 6.07) is 0.833. The molecule has 0 saturated heterocycles. The molecule has 0 radical (unpaired) electrons. The second kappa shape index (κ2) is 10.9. The molecule has 0 aliphatic carbocycles. The zero-order chi connectivity index (χ0) is 12.3. The molecule has 0 bridgehead atoms. The summed E-state index contributed by atoms with van der Waals surface area (Å²) < 4.78 is 15.6. The van der Waals surface area contributed by atoms with Crippen molar-refractivity contribution in [2.45, 2.75) is 12.5 Å². The second-order valence-electron chi connectivity index (χ2n) is 3.46. The van der Waals surface area contributed by atoms with Crippen LogP contribution in [-0.4, -0.2) is 61.9 Å². The van der Waals surface area contributed by atoms with Gasteiger partial charge < -0.3 is 18.2 Å². The Bertz CT molecular complexity index is 124. The highest BCUT2D eigenvalue weighted by molar-refractivity contribution is 7.80. The molecule has 0 N–H and O–H groups in total. The topological polar surface area (TPSA) is 30.9 Å². The molecule has 0 unspecified atom stereocenters. The minimum absolute atomic E-state index is 0.833. The van der Waals surface area contributed by atoms with Crippen molar-refractivity contribution < 1.29 is 13.3 Å². The van der Waals surface area contributed by atoms with Crippen molar-refractivity contribution in [1.29, 1.82) is 0 Å². The third kappa shape index (κ3) is 10.7. The second-order valence-corrected chi connectivity index (χ2v) is 7.00. The van der Waals surface area contributed by atoms with Gasteiger partial charge in [-0.15, -0.1) is 0 Å². The van der Waals surface area contributed by atoms with E-state index in [4.69, 9.17) is 13.3 Å². The quantitative estimate of drug-likeness (QED) is 0.573. The predicted octanol–water partition coefficient (Wildman–Crippen LogP) is 1.36. The van der Waals surface area contributed by atoms with Gasteiger partial charge in [0.05, 0.1) is 0 Å². The maximum Gasteiger partial charge on any atom is 0.500 e. The molecule has 0 rings (SSSR count). The highest BCUT2D eigenvalue weighted by Gasteiger charge is 2.36. The van der Waals surface area contributed by atoms with Crippen molar-refractivity contribution >= 4 is 21.4 Å². The Morgan fingerprint density at radius 3 is 1.53 bits per heavy atom. The smallest absolute Gasteiger partial charge is 0.377 e. The molecule has 0 heterocycles. The Hall–Kier alpha value is 0.407. The Morgan fingerprint density at radius 2 is 1.33 bits per heavy atom. The van der Waals surface area contributed by atoms with Crippen molar-refractivity contribution in [1.82, 2.24) is 4.90 Å². The summed E-state index contributed by atoms with van der Waals surface area (Å²) in [6.07, 6.45) is 0.963. The summed E-state index contributed by atoms with van der Waals surface area (Å²) in [5, 5.41) is 0. The summed E-state index contributed by atoms with van der Waals surface area (Å²) in [6.45, 7) is 0. The molecule has 0 aliphatic heterocycles. The zero-order valence-corrected chi connectivity index (χ0v) is 12.6. The van der Waals surface area contributed by atoms with Crippen molar-refractivity contribution in [2.75, 3.05) is 48.2 Å². The van der Waals surface area contributed by atoms with E-state index in [1.807, 2.05) is 26.0 Å². The third-order valence-corrected chi connectivity index (χ3v) is 4.72. The Labute approximate surface area is 101 Å². The molecule has 0 spiro atoms. The number of rotatable bonds is 6. The summed E-state index contributed by atoms with van der Waals surface area (Å²) in [4.78, 5) is 2.00.